The van der Waals surface area contributed by atoms with Gasteiger partial charge < -0.3 is 5.73 Å². The number of benzene rings is 1. The third-order valence-corrected chi connectivity index (χ3v) is 2.07. The maximum atomic E-state index is 12.4. The van der Waals surface area contributed by atoms with E-state index in [-0.39, 0.29) is 10.6 Å². The summed E-state index contributed by atoms with van der Waals surface area (Å²) in [6.45, 7) is 0. The summed E-state index contributed by atoms with van der Waals surface area (Å²) in [7, 11) is 0. The molecule has 0 unspecified atom stereocenters. The first kappa shape index (κ1) is 12.6. The van der Waals surface area contributed by atoms with Gasteiger partial charge in [-0.15, -0.1) is 0 Å². The standard InChI is InChI=1S/C10H7ClF3NO/c11-8-3-1-6(2-4-9(15)16)5-7(8)10(12,13)14/h1-5H,(H2,15,16). The van der Waals surface area contributed by atoms with Gasteiger partial charge >= 0.3 is 6.18 Å². The van der Waals surface area contributed by atoms with Gasteiger partial charge in [-0.25, -0.2) is 0 Å². The minimum Gasteiger partial charge on any atom is -0.366 e. The molecule has 0 saturated carbocycles. The fourth-order valence-electron chi connectivity index (χ4n) is 1.04. The Morgan fingerprint density at radius 3 is 2.50 bits per heavy atom. The highest BCUT2D eigenvalue weighted by molar-refractivity contribution is 6.31. The highest BCUT2D eigenvalue weighted by atomic mass is 35.5. The number of hydrogen-bond donors (Lipinski definition) is 1. The highest BCUT2D eigenvalue weighted by Crippen LogP contribution is 2.35. The van der Waals surface area contributed by atoms with E-state index in [1.807, 2.05) is 0 Å². The molecular weight excluding hydrogens is 243 g/mol. The van der Waals surface area contributed by atoms with Gasteiger partial charge in [0.05, 0.1) is 10.6 Å². The van der Waals surface area contributed by atoms with E-state index in [4.69, 9.17) is 17.3 Å². The van der Waals surface area contributed by atoms with Crippen molar-refractivity contribution in [1.82, 2.24) is 0 Å². The van der Waals surface area contributed by atoms with Crippen LogP contribution in [0.4, 0.5) is 13.2 Å². The Hall–Kier alpha value is -1.49. The third kappa shape index (κ3) is 3.27. The summed E-state index contributed by atoms with van der Waals surface area (Å²) in [5, 5.41) is -0.385. The number of carbonyl (C=O) groups is 1. The molecule has 2 nitrogen and oxygen atoms in total. The Kier molecular flexibility index (Phi) is 3.59. The molecule has 0 aliphatic heterocycles. The Labute approximate surface area is 94.5 Å². The molecule has 0 bridgehead atoms. The van der Waals surface area contributed by atoms with Gasteiger partial charge in [0.15, 0.2) is 0 Å². The van der Waals surface area contributed by atoms with Crippen LogP contribution in [-0.2, 0) is 11.0 Å². The molecule has 0 aromatic heterocycles. The molecular formula is C10H7ClF3NO. The molecule has 0 fully saturated rings. The maximum absolute atomic E-state index is 12.4. The lowest BCUT2D eigenvalue weighted by atomic mass is 10.1. The largest absolute Gasteiger partial charge is 0.417 e. The molecule has 1 aromatic rings. The number of carbonyl (C=O) groups excluding carboxylic acids is 1. The second-order valence-electron chi connectivity index (χ2n) is 2.97. The Morgan fingerprint density at radius 2 is 2.00 bits per heavy atom. The van der Waals surface area contributed by atoms with E-state index in [0.29, 0.717) is 0 Å². The fourth-order valence-corrected chi connectivity index (χ4v) is 1.27. The fraction of sp³-hybridized carbons (Fsp3) is 0.100. The van der Waals surface area contributed by atoms with Gasteiger partial charge in [0.25, 0.3) is 0 Å². The number of primary amides is 1. The predicted molar refractivity (Wildman–Crippen MR) is 54.7 cm³/mol. The second kappa shape index (κ2) is 4.57. The lowest BCUT2D eigenvalue weighted by Gasteiger charge is -2.09. The summed E-state index contributed by atoms with van der Waals surface area (Å²) in [5.74, 6) is -0.733. The molecule has 16 heavy (non-hydrogen) atoms. The molecule has 0 spiro atoms. The molecule has 2 N–H and O–H groups in total. The van der Waals surface area contributed by atoms with Crippen LogP contribution in [0, 0.1) is 0 Å². The van der Waals surface area contributed by atoms with E-state index in [1.165, 1.54) is 12.1 Å². The number of amides is 1. The van der Waals surface area contributed by atoms with Crippen LogP contribution >= 0.6 is 11.6 Å². The van der Waals surface area contributed by atoms with E-state index < -0.39 is 17.6 Å². The van der Waals surface area contributed by atoms with Crippen LogP contribution < -0.4 is 5.73 Å². The predicted octanol–water partition coefficient (Wildman–Crippen LogP) is 2.86. The van der Waals surface area contributed by atoms with Crippen molar-refractivity contribution >= 4 is 23.6 Å². The summed E-state index contributed by atoms with van der Waals surface area (Å²) in [6.07, 6.45) is -2.36. The molecule has 0 heterocycles. The first-order chi connectivity index (χ1) is 7.30. The van der Waals surface area contributed by atoms with E-state index in [1.54, 1.807) is 0 Å². The zero-order valence-corrected chi connectivity index (χ0v) is 8.64. The summed E-state index contributed by atoms with van der Waals surface area (Å²) in [6, 6.07) is 3.32. The third-order valence-electron chi connectivity index (χ3n) is 1.74. The Morgan fingerprint density at radius 1 is 1.38 bits per heavy atom. The molecule has 1 amide bonds. The van der Waals surface area contributed by atoms with Crippen molar-refractivity contribution in [3.63, 3.8) is 0 Å². The second-order valence-corrected chi connectivity index (χ2v) is 3.38. The number of halogens is 4. The van der Waals surface area contributed by atoms with Gasteiger partial charge in [-0.05, 0) is 23.8 Å². The monoisotopic (exact) mass is 249 g/mol. The van der Waals surface area contributed by atoms with Crippen molar-refractivity contribution in [2.75, 3.05) is 0 Å². The maximum Gasteiger partial charge on any atom is 0.417 e. The molecule has 86 valence electrons. The Balaban J connectivity index is 3.13. The van der Waals surface area contributed by atoms with Gasteiger partial charge in [-0.3, -0.25) is 4.79 Å². The zero-order chi connectivity index (χ0) is 12.3. The van der Waals surface area contributed by atoms with Crippen LogP contribution in [0.1, 0.15) is 11.1 Å². The molecule has 0 radical (unpaired) electrons. The molecule has 0 aliphatic carbocycles. The molecule has 0 atom stereocenters. The van der Waals surface area contributed by atoms with Crippen LogP contribution in [-0.4, -0.2) is 5.91 Å². The molecule has 0 saturated heterocycles. The van der Waals surface area contributed by atoms with Gasteiger partial charge in [0.1, 0.15) is 0 Å². The lowest BCUT2D eigenvalue weighted by molar-refractivity contribution is -0.137. The summed E-state index contributed by atoms with van der Waals surface area (Å²) in [4.78, 5) is 10.4. The lowest BCUT2D eigenvalue weighted by Crippen LogP contribution is -2.06. The molecule has 1 rings (SSSR count). The van der Waals surface area contributed by atoms with Gasteiger partial charge in [0.2, 0.25) is 5.91 Å². The highest BCUT2D eigenvalue weighted by Gasteiger charge is 2.33. The quantitative estimate of drug-likeness (QED) is 0.805. The first-order valence-electron chi connectivity index (χ1n) is 4.15. The number of hydrogen-bond acceptors (Lipinski definition) is 1. The van der Waals surface area contributed by atoms with Crippen LogP contribution in [0.2, 0.25) is 5.02 Å². The average molecular weight is 250 g/mol. The average Bonchev–Trinajstić information content (AvgIpc) is 2.14. The topological polar surface area (TPSA) is 43.1 Å². The van der Waals surface area contributed by atoms with Crippen LogP contribution in [0.3, 0.4) is 0 Å². The van der Waals surface area contributed by atoms with E-state index >= 15 is 0 Å². The summed E-state index contributed by atoms with van der Waals surface area (Å²) >= 11 is 5.41. The SMILES string of the molecule is NC(=O)C=Cc1ccc(Cl)c(C(F)(F)F)c1. The zero-order valence-electron chi connectivity index (χ0n) is 7.88. The van der Waals surface area contributed by atoms with Crippen LogP contribution in [0.5, 0.6) is 0 Å². The van der Waals surface area contributed by atoms with E-state index in [2.05, 4.69) is 0 Å². The molecule has 1 aromatic carbocycles. The van der Waals surface area contributed by atoms with Crippen molar-refractivity contribution in [3.8, 4) is 0 Å². The minimum absolute atomic E-state index is 0.204. The molecule has 0 aliphatic rings. The van der Waals surface area contributed by atoms with Crippen molar-refractivity contribution in [1.29, 1.82) is 0 Å². The van der Waals surface area contributed by atoms with Crippen LogP contribution in [0.25, 0.3) is 6.08 Å². The first-order valence-corrected chi connectivity index (χ1v) is 4.53. The van der Waals surface area contributed by atoms with Crippen molar-refractivity contribution in [3.05, 3.63) is 40.4 Å². The van der Waals surface area contributed by atoms with Crippen molar-refractivity contribution in [2.24, 2.45) is 5.73 Å². The van der Waals surface area contributed by atoms with Crippen LogP contribution in [0.15, 0.2) is 24.3 Å². The Bertz CT molecular complexity index is 440. The number of rotatable bonds is 2. The summed E-state index contributed by atoms with van der Waals surface area (Å²) in [5.41, 5.74) is 4.08. The van der Waals surface area contributed by atoms with Gasteiger partial charge in [-0.2, -0.15) is 13.2 Å². The van der Waals surface area contributed by atoms with E-state index in [9.17, 15) is 18.0 Å². The van der Waals surface area contributed by atoms with Crippen molar-refractivity contribution in [2.45, 2.75) is 6.18 Å². The summed E-state index contributed by atoms with van der Waals surface area (Å²) < 4.78 is 37.3. The van der Waals surface area contributed by atoms with Gasteiger partial charge in [-0.1, -0.05) is 17.7 Å². The van der Waals surface area contributed by atoms with Crippen molar-refractivity contribution < 1.29 is 18.0 Å². The number of alkyl halides is 3. The normalized spacial score (nSPS) is 12.0. The van der Waals surface area contributed by atoms with E-state index in [0.717, 1.165) is 18.2 Å². The number of nitrogens with two attached hydrogens (primary N) is 1. The van der Waals surface area contributed by atoms with Gasteiger partial charge in [0, 0.05) is 6.08 Å². The smallest absolute Gasteiger partial charge is 0.366 e. The minimum atomic E-state index is -4.52. The molecule has 6 heteroatoms.